The van der Waals surface area contributed by atoms with Gasteiger partial charge in [-0.3, -0.25) is 13.9 Å². The number of aryl methyl sites for hydroxylation is 1. The standard InChI is InChI=1S/C17H21NO5S/c1-12-4-6-13(7-5-12)24(20,21)23-15-14-3-2-9-18(14)11-17(15)8-10-22-16(17)19/h4-7,14-15H,2-3,8-11H2,1H3/t14-,15-,17+/m1/s1. The lowest BCUT2D eigenvalue weighted by Gasteiger charge is -2.28. The second-order valence-electron chi connectivity index (χ2n) is 7.01. The molecule has 130 valence electrons. The van der Waals surface area contributed by atoms with Crippen molar-refractivity contribution in [3.8, 4) is 0 Å². The minimum Gasteiger partial charge on any atom is -0.465 e. The lowest BCUT2D eigenvalue weighted by molar-refractivity contribution is -0.148. The van der Waals surface area contributed by atoms with Crippen molar-refractivity contribution in [2.45, 2.75) is 43.2 Å². The van der Waals surface area contributed by atoms with Gasteiger partial charge in [-0.15, -0.1) is 0 Å². The molecule has 0 aromatic heterocycles. The summed E-state index contributed by atoms with van der Waals surface area (Å²) in [6, 6.07) is 6.55. The Morgan fingerprint density at radius 1 is 1.29 bits per heavy atom. The van der Waals surface area contributed by atoms with Crippen LogP contribution in [0.15, 0.2) is 29.2 Å². The third-order valence-corrected chi connectivity index (χ3v) is 6.83. The number of cyclic esters (lactones) is 1. The van der Waals surface area contributed by atoms with Gasteiger partial charge in [0.1, 0.15) is 11.5 Å². The van der Waals surface area contributed by atoms with Crippen LogP contribution in [0.25, 0.3) is 0 Å². The first-order valence-electron chi connectivity index (χ1n) is 8.34. The highest BCUT2D eigenvalue weighted by atomic mass is 32.2. The summed E-state index contributed by atoms with van der Waals surface area (Å²) < 4.78 is 36.3. The molecule has 3 atom stereocenters. The molecule has 1 aromatic rings. The number of carbonyl (C=O) groups is 1. The van der Waals surface area contributed by atoms with Crippen LogP contribution in [0.1, 0.15) is 24.8 Å². The van der Waals surface area contributed by atoms with Gasteiger partial charge in [0.05, 0.1) is 11.5 Å². The molecule has 0 radical (unpaired) electrons. The smallest absolute Gasteiger partial charge is 0.316 e. The predicted octanol–water partition coefficient (Wildman–Crippen LogP) is 1.48. The third-order valence-electron chi connectivity index (χ3n) is 5.52. The Kier molecular flexibility index (Phi) is 3.71. The van der Waals surface area contributed by atoms with Crippen LogP contribution < -0.4 is 0 Å². The molecule has 6 nitrogen and oxygen atoms in total. The fourth-order valence-corrected chi connectivity index (χ4v) is 5.40. The van der Waals surface area contributed by atoms with E-state index in [1.165, 1.54) is 0 Å². The summed E-state index contributed by atoms with van der Waals surface area (Å²) in [4.78, 5) is 14.7. The van der Waals surface area contributed by atoms with Gasteiger partial charge in [-0.2, -0.15) is 8.42 Å². The number of nitrogens with zero attached hydrogens (tertiary/aromatic N) is 1. The molecule has 3 fully saturated rings. The van der Waals surface area contributed by atoms with Crippen LogP contribution in [0, 0.1) is 12.3 Å². The number of hydrogen-bond acceptors (Lipinski definition) is 6. The minimum atomic E-state index is -3.92. The highest BCUT2D eigenvalue weighted by molar-refractivity contribution is 7.86. The molecule has 0 saturated carbocycles. The summed E-state index contributed by atoms with van der Waals surface area (Å²) in [6.45, 7) is 3.65. The predicted molar refractivity (Wildman–Crippen MR) is 85.8 cm³/mol. The maximum Gasteiger partial charge on any atom is 0.316 e. The Labute approximate surface area is 141 Å². The molecule has 7 heteroatoms. The van der Waals surface area contributed by atoms with E-state index in [0.717, 1.165) is 24.9 Å². The summed E-state index contributed by atoms with van der Waals surface area (Å²) in [5.41, 5.74) is 0.135. The van der Waals surface area contributed by atoms with Crippen molar-refractivity contribution in [1.29, 1.82) is 0 Å². The number of esters is 1. The second kappa shape index (κ2) is 5.54. The van der Waals surface area contributed by atoms with E-state index in [9.17, 15) is 13.2 Å². The maximum atomic E-state index is 12.7. The fraction of sp³-hybridized carbons (Fsp3) is 0.588. The van der Waals surface area contributed by atoms with Crippen molar-refractivity contribution in [2.75, 3.05) is 19.7 Å². The number of hydrogen-bond donors (Lipinski definition) is 0. The first-order valence-corrected chi connectivity index (χ1v) is 9.74. The Morgan fingerprint density at radius 3 is 2.71 bits per heavy atom. The fourth-order valence-electron chi connectivity index (χ4n) is 4.24. The Balaban J connectivity index is 1.68. The summed E-state index contributed by atoms with van der Waals surface area (Å²) in [5.74, 6) is -0.319. The Morgan fingerprint density at radius 2 is 2.04 bits per heavy atom. The number of ether oxygens (including phenoxy) is 1. The molecule has 3 aliphatic heterocycles. The van der Waals surface area contributed by atoms with E-state index in [4.69, 9.17) is 8.92 Å². The topological polar surface area (TPSA) is 72.9 Å². The summed E-state index contributed by atoms with van der Waals surface area (Å²) in [7, 11) is -3.92. The average molecular weight is 351 g/mol. The SMILES string of the molecule is Cc1ccc(S(=O)(=O)O[C@@H]2[C@H]3CCCN3C[C@@]23CCOC3=O)cc1. The van der Waals surface area contributed by atoms with Crippen molar-refractivity contribution in [1.82, 2.24) is 4.90 Å². The molecule has 1 spiro atoms. The molecule has 3 aliphatic rings. The summed E-state index contributed by atoms with van der Waals surface area (Å²) >= 11 is 0. The van der Waals surface area contributed by atoms with Crippen LogP contribution in [-0.2, 0) is 23.8 Å². The van der Waals surface area contributed by atoms with Crippen molar-refractivity contribution < 1.29 is 22.1 Å². The molecule has 0 amide bonds. The van der Waals surface area contributed by atoms with Gasteiger partial charge in [-0.1, -0.05) is 17.7 Å². The zero-order chi connectivity index (χ0) is 16.9. The van der Waals surface area contributed by atoms with E-state index in [0.29, 0.717) is 19.6 Å². The zero-order valence-electron chi connectivity index (χ0n) is 13.6. The second-order valence-corrected chi connectivity index (χ2v) is 8.58. The zero-order valence-corrected chi connectivity index (χ0v) is 14.4. The molecular weight excluding hydrogens is 330 g/mol. The van der Waals surface area contributed by atoms with Crippen LogP contribution in [-0.4, -0.2) is 51.1 Å². The molecule has 0 aliphatic carbocycles. The van der Waals surface area contributed by atoms with E-state index in [-0.39, 0.29) is 16.9 Å². The number of fused-ring (bicyclic) bond motifs is 1. The molecule has 0 bridgehead atoms. The van der Waals surface area contributed by atoms with Gasteiger partial charge < -0.3 is 4.74 Å². The van der Waals surface area contributed by atoms with Gasteiger partial charge in [-0.05, 0) is 38.4 Å². The van der Waals surface area contributed by atoms with Crippen molar-refractivity contribution in [3.05, 3.63) is 29.8 Å². The van der Waals surface area contributed by atoms with Crippen LogP contribution in [0.4, 0.5) is 0 Å². The summed E-state index contributed by atoms with van der Waals surface area (Å²) in [5, 5.41) is 0. The van der Waals surface area contributed by atoms with Gasteiger partial charge in [-0.25, -0.2) is 0 Å². The highest BCUT2D eigenvalue weighted by Crippen LogP contribution is 2.48. The first-order chi connectivity index (χ1) is 11.4. The first kappa shape index (κ1) is 16.1. The van der Waals surface area contributed by atoms with Crippen molar-refractivity contribution >= 4 is 16.1 Å². The van der Waals surface area contributed by atoms with Crippen molar-refractivity contribution in [2.24, 2.45) is 5.41 Å². The Hall–Kier alpha value is -1.44. The van der Waals surface area contributed by atoms with Crippen LogP contribution in [0.5, 0.6) is 0 Å². The number of carbonyl (C=O) groups excluding carboxylic acids is 1. The molecule has 4 rings (SSSR count). The van der Waals surface area contributed by atoms with Crippen LogP contribution >= 0.6 is 0 Å². The number of benzene rings is 1. The molecule has 0 unspecified atom stereocenters. The molecule has 0 N–H and O–H groups in total. The lowest BCUT2D eigenvalue weighted by Crippen LogP contribution is -2.44. The number of rotatable bonds is 3. The van der Waals surface area contributed by atoms with Gasteiger partial charge in [0, 0.05) is 19.0 Å². The Bertz CT molecular complexity index is 760. The molecule has 3 heterocycles. The normalized spacial score (nSPS) is 33.1. The van der Waals surface area contributed by atoms with E-state index in [2.05, 4.69) is 4.90 Å². The van der Waals surface area contributed by atoms with Crippen molar-refractivity contribution in [3.63, 3.8) is 0 Å². The van der Waals surface area contributed by atoms with Crippen LogP contribution in [0.2, 0.25) is 0 Å². The van der Waals surface area contributed by atoms with Crippen LogP contribution in [0.3, 0.4) is 0 Å². The summed E-state index contributed by atoms with van der Waals surface area (Å²) in [6.07, 6.45) is 1.71. The molecular formula is C17H21NO5S. The van der Waals surface area contributed by atoms with E-state index >= 15 is 0 Å². The molecule has 1 aromatic carbocycles. The molecule has 3 saturated heterocycles. The maximum absolute atomic E-state index is 12.7. The third kappa shape index (κ3) is 2.37. The van der Waals surface area contributed by atoms with Gasteiger partial charge in [0.2, 0.25) is 0 Å². The molecule has 24 heavy (non-hydrogen) atoms. The van der Waals surface area contributed by atoms with E-state index in [1.54, 1.807) is 24.3 Å². The van der Waals surface area contributed by atoms with Gasteiger partial charge >= 0.3 is 5.97 Å². The quantitative estimate of drug-likeness (QED) is 0.607. The van der Waals surface area contributed by atoms with E-state index in [1.807, 2.05) is 6.92 Å². The average Bonchev–Trinajstić information content (AvgIpc) is 3.20. The van der Waals surface area contributed by atoms with Gasteiger partial charge in [0.25, 0.3) is 10.1 Å². The van der Waals surface area contributed by atoms with Gasteiger partial charge in [0.15, 0.2) is 0 Å². The minimum absolute atomic E-state index is 0.0316. The van der Waals surface area contributed by atoms with E-state index < -0.39 is 21.6 Å². The highest BCUT2D eigenvalue weighted by Gasteiger charge is 2.63. The lowest BCUT2D eigenvalue weighted by atomic mass is 9.80. The monoisotopic (exact) mass is 351 g/mol. The largest absolute Gasteiger partial charge is 0.465 e.